The normalized spacial score (nSPS) is 15.9. The summed E-state index contributed by atoms with van der Waals surface area (Å²) in [5, 5.41) is 1.02. The predicted octanol–water partition coefficient (Wildman–Crippen LogP) is 4.79. The Morgan fingerprint density at radius 2 is 2.03 bits per heavy atom. The molecule has 1 aliphatic heterocycles. The molecule has 29 heavy (non-hydrogen) atoms. The van der Waals surface area contributed by atoms with Gasteiger partial charge in [-0.15, -0.1) is 0 Å². The van der Waals surface area contributed by atoms with Crippen molar-refractivity contribution in [1.29, 1.82) is 0 Å². The van der Waals surface area contributed by atoms with E-state index < -0.39 is 0 Å². The molecule has 0 radical (unpaired) electrons. The monoisotopic (exact) mass is 387 g/mol. The Morgan fingerprint density at radius 3 is 2.86 bits per heavy atom. The summed E-state index contributed by atoms with van der Waals surface area (Å²) < 4.78 is 14.8. The first kappa shape index (κ1) is 19.0. The van der Waals surface area contributed by atoms with E-state index in [9.17, 15) is 9.18 Å². The molecular formula is C24H22FN3O. The average Bonchev–Trinajstić information content (AvgIpc) is 3.09. The van der Waals surface area contributed by atoms with Gasteiger partial charge in [0.25, 0.3) is 5.91 Å². The van der Waals surface area contributed by atoms with Crippen LogP contribution in [-0.2, 0) is 11.3 Å². The lowest BCUT2D eigenvalue weighted by Crippen LogP contribution is -2.27. The molecule has 4 nitrogen and oxygen atoms in total. The number of hydrogen-bond donors (Lipinski definition) is 0. The molecule has 0 saturated carbocycles. The first-order valence-electron chi connectivity index (χ1n) is 9.73. The van der Waals surface area contributed by atoms with E-state index >= 15 is 0 Å². The second-order valence-electron chi connectivity index (χ2n) is 7.06. The molecule has 0 N–H and O–H groups in total. The van der Waals surface area contributed by atoms with Gasteiger partial charge in [0.1, 0.15) is 11.5 Å². The van der Waals surface area contributed by atoms with Gasteiger partial charge in [0.05, 0.1) is 12.1 Å². The van der Waals surface area contributed by atoms with Gasteiger partial charge in [-0.25, -0.2) is 4.39 Å². The Bertz CT molecular complexity index is 1120. The highest BCUT2D eigenvalue weighted by molar-refractivity contribution is 6.40. The largest absolute Gasteiger partial charge is 0.333 e. The Kier molecular flexibility index (Phi) is 5.47. The SMILES string of the molecule is C/C=C\CN=C1CCN(Cc2ccc(-c3cnc4ccccc4c3)cc2F)C1=O. The molecule has 1 aliphatic rings. The van der Waals surface area contributed by atoms with E-state index in [1.165, 1.54) is 6.07 Å². The Labute approximate surface area is 169 Å². The third kappa shape index (κ3) is 4.09. The quantitative estimate of drug-likeness (QED) is 0.591. The van der Waals surface area contributed by atoms with Crippen LogP contribution in [0.4, 0.5) is 4.39 Å². The number of amides is 1. The smallest absolute Gasteiger partial charge is 0.268 e. The summed E-state index contributed by atoms with van der Waals surface area (Å²) in [6.45, 7) is 3.25. The van der Waals surface area contributed by atoms with Gasteiger partial charge in [0.15, 0.2) is 0 Å². The summed E-state index contributed by atoms with van der Waals surface area (Å²) in [7, 11) is 0. The number of benzene rings is 2. The summed E-state index contributed by atoms with van der Waals surface area (Å²) in [5.41, 5.74) is 3.62. The van der Waals surface area contributed by atoms with Gasteiger partial charge in [-0.05, 0) is 30.7 Å². The zero-order chi connectivity index (χ0) is 20.2. The second-order valence-corrected chi connectivity index (χ2v) is 7.06. The van der Waals surface area contributed by atoms with Gasteiger partial charge < -0.3 is 4.90 Å². The number of rotatable bonds is 5. The molecule has 0 bridgehead atoms. The van der Waals surface area contributed by atoms with Crippen molar-refractivity contribution in [3.8, 4) is 11.1 Å². The minimum Gasteiger partial charge on any atom is -0.333 e. The van der Waals surface area contributed by atoms with Gasteiger partial charge >= 0.3 is 0 Å². The fraction of sp³-hybridized carbons (Fsp3) is 0.208. The molecule has 1 fully saturated rings. The van der Waals surface area contributed by atoms with Crippen molar-refractivity contribution < 1.29 is 9.18 Å². The number of carbonyl (C=O) groups is 1. The van der Waals surface area contributed by atoms with Crippen molar-refractivity contribution in [2.75, 3.05) is 13.1 Å². The molecular weight excluding hydrogens is 365 g/mol. The van der Waals surface area contributed by atoms with E-state index in [1.54, 1.807) is 17.2 Å². The van der Waals surface area contributed by atoms with E-state index in [-0.39, 0.29) is 18.3 Å². The summed E-state index contributed by atoms with van der Waals surface area (Å²) in [5.74, 6) is -0.417. The fourth-order valence-electron chi connectivity index (χ4n) is 3.49. The maximum absolute atomic E-state index is 14.8. The third-order valence-corrected chi connectivity index (χ3v) is 5.11. The average molecular weight is 387 g/mol. The minimum atomic E-state index is -0.317. The van der Waals surface area contributed by atoms with Gasteiger partial charge in [0.2, 0.25) is 0 Å². The third-order valence-electron chi connectivity index (χ3n) is 5.11. The Morgan fingerprint density at radius 1 is 1.17 bits per heavy atom. The van der Waals surface area contributed by atoms with Crippen LogP contribution in [0.5, 0.6) is 0 Å². The molecule has 0 aliphatic carbocycles. The van der Waals surface area contributed by atoms with Crippen molar-refractivity contribution in [3.63, 3.8) is 0 Å². The topological polar surface area (TPSA) is 45.6 Å². The minimum absolute atomic E-state index is 0.100. The van der Waals surface area contributed by atoms with Gasteiger partial charge in [-0.3, -0.25) is 14.8 Å². The van der Waals surface area contributed by atoms with Crippen LogP contribution in [0.15, 0.2) is 71.9 Å². The zero-order valence-electron chi connectivity index (χ0n) is 16.3. The molecule has 4 rings (SSSR count). The zero-order valence-corrected chi connectivity index (χ0v) is 16.3. The van der Waals surface area contributed by atoms with Crippen molar-refractivity contribution in [2.45, 2.75) is 19.9 Å². The van der Waals surface area contributed by atoms with Crippen molar-refractivity contribution in [3.05, 3.63) is 78.3 Å². The predicted molar refractivity (Wildman–Crippen MR) is 114 cm³/mol. The number of aromatic nitrogens is 1. The Balaban J connectivity index is 1.51. The highest BCUT2D eigenvalue weighted by Gasteiger charge is 2.27. The lowest BCUT2D eigenvalue weighted by atomic mass is 10.0. The van der Waals surface area contributed by atoms with E-state index in [2.05, 4.69) is 9.98 Å². The number of nitrogens with zero attached hydrogens (tertiary/aromatic N) is 3. The molecule has 5 heteroatoms. The highest BCUT2D eigenvalue weighted by atomic mass is 19.1. The molecule has 1 aromatic heterocycles. The lowest BCUT2D eigenvalue weighted by molar-refractivity contribution is -0.123. The molecule has 1 saturated heterocycles. The number of halogens is 1. The summed E-state index contributed by atoms with van der Waals surface area (Å²) >= 11 is 0. The number of fused-ring (bicyclic) bond motifs is 1. The molecule has 3 aromatic rings. The van der Waals surface area contributed by atoms with Gasteiger partial charge in [-0.1, -0.05) is 42.5 Å². The summed E-state index contributed by atoms with van der Waals surface area (Å²) in [6, 6.07) is 15.0. The molecule has 146 valence electrons. The Hall–Kier alpha value is -3.34. The van der Waals surface area contributed by atoms with E-state index in [4.69, 9.17) is 0 Å². The molecule has 0 spiro atoms. The van der Waals surface area contributed by atoms with Crippen LogP contribution < -0.4 is 0 Å². The first-order valence-corrected chi connectivity index (χ1v) is 9.73. The van der Waals surface area contributed by atoms with E-state index in [1.807, 2.05) is 55.5 Å². The number of para-hydroxylation sites is 1. The number of pyridine rings is 1. The maximum Gasteiger partial charge on any atom is 0.268 e. The fourth-order valence-corrected chi connectivity index (χ4v) is 3.49. The number of hydrogen-bond acceptors (Lipinski definition) is 3. The van der Waals surface area contributed by atoms with Crippen LogP contribution in [0.25, 0.3) is 22.0 Å². The molecule has 0 unspecified atom stereocenters. The maximum atomic E-state index is 14.8. The molecule has 0 atom stereocenters. The lowest BCUT2D eigenvalue weighted by Gasteiger charge is -2.16. The van der Waals surface area contributed by atoms with Crippen LogP contribution in [0.3, 0.4) is 0 Å². The van der Waals surface area contributed by atoms with E-state index in [0.29, 0.717) is 30.8 Å². The number of likely N-dealkylation sites (tertiary alicyclic amines) is 1. The van der Waals surface area contributed by atoms with Crippen molar-refractivity contribution in [2.24, 2.45) is 4.99 Å². The van der Waals surface area contributed by atoms with Crippen LogP contribution in [0.1, 0.15) is 18.9 Å². The van der Waals surface area contributed by atoms with Gasteiger partial charge in [-0.2, -0.15) is 0 Å². The van der Waals surface area contributed by atoms with Crippen molar-refractivity contribution >= 4 is 22.5 Å². The van der Waals surface area contributed by atoms with Crippen molar-refractivity contribution in [1.82, 2.24) is 9.88 Å². The van der Waals surface area contributed by atoms with Crippen LogP contribution in [0.2, 0.25) is 0 Å². The number of aliphatic imine (C=N–C) groups is 1. The van der Waals surface area contributed by atoms with Gasteiger partial charge in [0, 0.05) is 42.2 Å². The molecule has 2 heterocycles. The standard InChI is InChI=1S/C24H22FN3O/c1-2-3-11-26-23-10-12-28(24(23)29)16-19-9-8-17(14-21(19)25)20-13-18-6-4-5-7-22(18)27-15-20/h2-9,13-15H,10-12,16H2,1H3/b3-2-,26-23?. The molecule has 1 amide bonds. The summed E-state index contributed by atoms with van der Waals surface area (Å²) in [6.07, 6.45) is 6.18. The van der Waals surface area contributed by atoms with Crippen LogP contribution >= 0.6 is 0 Å². The highest BCUT2D eigenvalue weighted by Crippen LogP contribution is 2.25. The number of allylic oxidation sites excluding steroid dienone is 1. The van der Waals surface area contributed by atoms with E-state index in [0.717, 1.165) is 22.0 Å². The molecule has 2 aromatic carbocycles. The second kappa shape index (κ2) is 8.35. The van der Waals surface area contributed by atoms with Crippen LogP contribution in [-0.4, -0.2) is 34.6 Å². The number of carbonyl (C=O) groups excluding carboxylic acids is 1. The van der Waals surface area contributed by atoms with Crippen LogP contribution in [0, 0.1) is 5.82 Å². The summed E-state index contributed by atoms with van der Waals surface area (Å²) in [4.78, 5) is 22.9. The first-order chi connectivity index (χ1) is 14.2.